The second-order valence-corrected chi connectivity index (χ2v) is 4.62. The topological polar surface area (TPSA) is 23.5 Å². The van der Waals surface area contributed by atoms with Gasteiger partial charge in [-0.3, -0.25) is 0 Å². The Hall–Kier alpha value is -1.09. The quantitative estimate of drug-likeness (QED) is 0.833. The number of aliphatic hydroxyl groups is 1. The second-order valence-electron chi connectivity index (χ2n) is 4.62. The molecular formula is C13H20FNO. The van der Waals surface area contributed by atoms with Gasteiger partial charge in [-0.05, 0) is 51.5 Å². The SMILES string of the molecule is CCN(CCC(C)(C)O)c1ccc(F)cc1. The summed E-state index contributed by atoms with van der Waals surface area (Å²) in [4.78, 5) is 2.12. The molecule has 0 radical (unpaired) electrons. The van der Waals surface area contributed by atoms with Crippen molar-refractivity contribution in [1.82, 2.24) is 0 Å². The van der Waals surface area contributed by atoms with Crippen molar-refractivity contribution >= 4 is 5.69 Å². The molecule has 0 saturated heterocycles. The van der Waals surface area contributed by atoms with E-state index >= 15 is 0 Å². The largest absolute Gasteiger partial charge is 0.390 e. The van der Waals surface area contributed by atoms with Crippen molar-refractivity contribution in [3.8, 4) is 0 Å². The Balaban J connectivity index is 2.64. The molecule has 0 fully saturated rings. The summed E-state index contributed by atoms with van der Waals surface area (Å²) in [6.45, 7) is 7.26. The maximum atomic E-state index is 12.8. The summed E-state index contributed by atoms with van der Waals surface area (Å²) in [7, 11) is 0. The molecule has 0 spiro atoms. The number of rotatable bonds is 5. The van der Waals surface area contributed by atoms with Crippen molar-refractivity contribution in [3.05, 3.63) is 30.1 Å². The van der Waals surface area contributed by atoms with Crippen LogP contribution in [0.3, 0.4) is 0 Å². The molecule has 0 atom stereocenters. The zero-order valence-corrected chi connectivity index (χ0v) is 10.2. The molecule has 0 aliphatic heterocycles. The van der Waals surface area contributed by atoms with Gasteiger partial charge >= 0.3 is 0 Å². The summed E-state index contributed by atoms with van der Waals surface area (Å²) in [5, 5.41) is 9.67. The highest BCUT2D eigenvalue weighted by Crippen LogP contribution is 2.17. The fourth-order valence-electron chi connectivity index (χ4n) is 1.53. The van der Waals surface area contributed by atoms with Crippen LogP contribution in [0.4, 0.5) is 10.1 Å². The van der Waals surface area contributed by atoms with Crippen LogP contribution in [0, 0.1) is 5.82 Å². The van der Waals surface area contributed by atoms with Crippen molar-refractivity contribution < 1.29 is 9.50 Å². The molecule has 0 heterocycles. The van der Waals surface area contributed by atoms with Crippen molar-refractivity contribution in [2.45, 2.75) is 32.8 Å². The first-order valence-electron chi connectivity index (χ1n) is 5.65. The van der Waals surface area contributed by atoms with Gasteiger partial charge in [0.1, 0.15) is 5.82 Å². The lowest BCUT2D eigenvalue weighted by Gasteiger charge is -2.26. The molecule has 0 amide bonds. The van der Waals surface area contributed by atoms with Crippen molar-refractivity contribution in [3.63, 3.8) is 0 Å². The average molecular weight is 225 g/mol. The molecular weight excluding hydrogens is 205 g/mol. The molecule has 1 aromatic rings. The van der Waals surface area contributed by atoms with Gasteiger partial charge in [0.05, 0.1) is 5.60 Å². The van der Waals surface area contributed by atoms with Gasteiger partial charge < -0.3 is 10.0 Å². The molecule has 90 valence electrons. The standard InChI is InChI=1S/C13H20FNO/c1-4-15(10-9-13(2,3)16)12-7-5-11(14)6-8-12/h5-8,16H,4,9-10H2,1-3H3. The van der Waals surface area contributed by atoms with Crippen molar-refractivity contribution in [1.29, 1.82) is 0 Å². The van der Waals surface area contributed by atoms with E-state index in [-0.39, 0.29) is 5.82 Å². The highest BCUT2D eigenvalue weighted by molar-refractivity contribution is 5.46. The van der Waals surface area contributed by atoms with Crippen LogP contribution in [0.25, 0.3) is 0 Å². The molecule has 0 bridgehead atoms. The maximum absolute atomic E-state index is 12.8. The normalized spacial score (nSPS) is 11.6. The van der Waals surface area contributed by atoms with E-state index in [1.54, 1.807) is 26.0 Å². The van der Waals surface area contributed by atoms with Gasteiger partial charge in [0.25, 0.3) is 0 Å². The van der Waals surface area contributed by atoms with Gasteiger partial charge in [0, 0.05) is 18.8 Å². The van der Waals surface area contributed by atoms with E-state index in [0.29, 0.717) is 6.42 Å². The van der Waals surface area contributed by atoms with Gasteiger partial charge in [0.15, 0.2) is 0 Å². The Labute approximate surface area is 96.7 Å². The zero-order valence-electron chi connectivity index (χ0n) is 10.2. The third-order valence-corrected chi connectivity index (χ3v) is 2.57. The third-order valence-electron chi connectivity index (χ3n) is 2.57. The fourth-order valence-corrected chi connectivity index (χ4v) is 1.53. The molecule has 0 aliphatic rings. The minimum Gasteiger partial charge on any atom is -0.390 e. The molecule has 2 nitrogen and oxygen atoms in total. The summed E-state index contributed by atoms with van der Waals surface area (Å²) in [6.07, 6.45) is 0.693. The fraction of sp³-hybridized carbons (Fsp3) is 0.538. The highest BCUT2D eigenvalue weighted by Gasteiger charge is 2.14. The first-order valence-corrected chi connectivity index (χ1v) is 5.65. The number of hydrogen-bond donors (Lipinski definition) is 1. The van der Waals surface area contributed by atoms with Crippen LogP contribution >= 0.6 is 0 Å². The van der Waals surface area contributed by atoms with E-state index in [0.717, 1.165) is 18.8 Å². The Bertz CT molecular complexity index is 316. The van der Waals surface area contributed by atoms with Crippen LogP contribution in [-0.2, 0) is 0 Å². The lowest BCUT2D eigenvalue weighted by molar-refractivity contribution is 0.0731. The smallest absolute Gasteiger partial charge is 0.123 e. The zero-order chi connectivity index (χ0) is 12.2. The molecule has 0 saturated carbocycles. The van der Waals surface area contributed by atoms with E-state index in [1.807, 2.05) is 6.92 Å². The molecule has 16 heavy (non-hydrogen) atoms. The van der Waals surface area contributed by atoms with E-state index in [2.05, 4.69) is 4.90 Å². The van der Waals surface area contributed by atoms with Crippen LogP contribution in [0.1, 0.15) is 27.2 Å². The average Bonchev–Trinajstić information content (AvgIpc) is 2.20. The van der Waals surface area contributed by atoms with Crippen LogP contribution in [0.5, 0.6) is 0 Å². The number of nitrogens with zero attached hydrogens (tertiary/aromatic N) is 1. The predicted molar refractivity (Wildman–Crippen MR) is 65.2 cm³/mol. The number of hydrogen-bond acceptors (Lipinski definition) is 2. The van der Waals surface area contributed by atoms with Gasteiger partial charge in [-0.15, -0.1) is 0 Å². The predicted octanol–water partition coefficient (Wildman–Crippen LogP) is 2.81. The summed E-state index contributed by atoms with van der Waals surface area (Å²) in [5.41, 5.74) is 0.334. The lowest BCUT2D eigenvalue weighted by atomic mass is 10.1. The number of halogens is 1. The number of anilines is 1. The van der Waals surface area contributed by atoms with Gasteiger partial charge in [-0.2, -0.15) is 0 Å². The first kappa shape index (κ1) is 13.0. The number of benzene rings is 1. The van der Waals surface area contributed by atoms with Crippen molar-refractivity contribution in [2.75, 3.05) is 18.0 Å². The summed E-state index contributed by atoms with van der Waals surface area (Å²) in [5.74, 6) is -0.220. The van der Waals surface area contributed by atoms with E-state index in [4.69, 9.17) is 0 Å². The van der Waals surface area contributed by atoms with Crippen LogP contribution < -0.4 is 4.90 Å². The van der Waals surface area contributed by atoms with E-state index < -0.39 is 5.60 Å². The van der Waals surface area contributed by atoms with E-state index in [1.165, 1.54) is 12.1 Å². The maximum Gasteiger partial charge on any atom is 0.123 e. The third kappa shape index (κ3) is 4.19. The van der Waals surface area contributed by atoms with Crippen LogP contribution in [0.2, 0.25) is 0 Å². The summed E-state index contributed by atoms with van der Waals surface area (Å²) in [6, 6.07) is 6.45. The minimum atomic E-state index is -0.659. The Morgan fingerprint density at radius 1 is 1.25 bits per heavy atom. The van der Waals surface area contributed by atoms with Crippen LogP contribution in [-0.4, -0.2) is 23.8 Å². The summed E-state index contributed by atoms with van der Waals surface area (Å²) < 4.78 is 12.8. The summed E-state index contributed by atoms with van der Waals surface area (Å²) >= 11 is 0. The Kier molecular flexibility index (Phi) is 4.30. The Morgan fingerprint density at radius 3 is 2.25 bits per heavy atom. The van der Waals surface area contributed by atoms with Crippen LogP contribution in [0.15, 0.2) is 24.3 Å². The molecule has 0 aromatic heterocycles. The monoisotopic (exact) mass is 225 g/mol. The molecule has 3 heteroatoms. The molecule has 0 aliphatic carbocycles. The van der Waals surface area contributed by atoms with E-state index in [9.17, 15) is 9.50 Å². The van der Waals surface area contributed by atoms with Gasteiger partial charge in [-0.25, -0.2) is 4.39 Å². The molecule has 1 aromatic carbocycles. The molecule has 0 unspecified atom stereocenters. The lowest BCUT2D eigenvalue weighted by Crippen LogP contribution is -2.30. The van der Waals surface area contributed by atoms with Crippen molar-refractivity contribution in [2.24, 2.45) is 0 Å². The molecule has 1 N–H and O–H groups in total. The van der Waals surface area contributed by atoms with Gasteiger partial charge in [-0.1, -0.05) is 0 Å². The van der Waals surface area contributed by atoms with Gasteiger partial charge in [0.2, 0.25) is 0 Å². The minimum absolute atomic E-state index is 0.220. The molecule has 1 rings (SSSR count). The highest BCUT2D eigenvalue weighted by atomic mass is 19.1. The first-order chi connectivity index (χ1) is 7.42. The second kappa shape index (κ2) is 5.30. The Morgan fingerprint density at radius 2 is 1.81 bits per heavy atom.